The number of carbonyl (C=O) groups excluding carboxylic acids is 1. The van der Waals surface area contributed by atoms with E-state index in [9.17, 15) is 4.79 Å². The zero-order valence-corrected chi connectivity index (χ0v) is 15.5. The van der Waals surface area contributed by atoms with E-state index in [1.807, 2.05) is 6.92 Å². The summed E-state index contributed by atoms with van der Waals surface area (Å²) in [5, 5.41) is 3.32. The van der Waals surface area contributed by atoms with Gasteiger partial charge in [-0.2, -0.15) is 0 Å². The lowest BCUT2D eigenvalue weighted by Crippen LogP contribution is -2.48. The molecule has 6 heteroatoms. The Morgan fingerprint density at radius 1 is 1.25 bits per heavy atom. The molecule has 2 aliphatic rings. The Morgan fingerprint density at radius 2 is 1.88 bits per heavy atom. The Hall–Kier alpha value is -1.46. The molecule has 2 fully saturated rings. The molecule has 1 aliphatic heterocycles. The van der Waals surface area contributed by atoms with E-state index in [1.165, 1.54) is 25.7 Å². The molecule has 1 heterocycles. The summed E-state index contributed by atoms with van der Waals surface area (Å²) in [6.07, 6.45) is 6.63. The van der Waals surface area contributed by atoms with E-state index in [4.69, 9.17) is 10.5 Å². The Kier molecular flexibility index (Phi) is 6.75. The number of rotatable bonds is 4. The number of nitrogens with zero attached hydrogens (tertiary/aromatic N) is 2. The number of nitrogens with one attached hydrogen (secondary N) is 1. The van der Waals surface area contributed by atoms with Gasteiger partial charge in [0.15, 0.2) is 5.96 Å². The van der Waals surface area contributed by atoms with Crippen LogP contribution >= 0.6 is 0 Å². The molecule has 2 rings (SSSR count). The van der Waals surface area contributed by atoms with Gasteiger partial charge in [-0.05, 0) is 56.8 Å². The molecule has 24 heavy (non-hydrogen) atoms. The van der Waals surface area contributed by atoms with Crippen molar-refractivity contribution in [2.75, 3.05) is 26.2 Å². The van der Waals surface area contributed by atoms with Crippen LogP contribution in [0.4, 0.5) is 4.79 Å². The highest BCUT2D eigenvalue weighted by Gasteiger charge is 2.27. The third kappa shape index (κ3) is 5.87. The summed E-state index contributed by atoms with van der Waals surface area (Å²) in [5.74, 6) is 1.22. The second kappa shape index (κ2) is 8.58. The first kappa shape index (κ1) is 18.9. The van der Waals surface area contributed by atoms with Crippen molar-refractivity contribution < 1.29 is 9.53 Å². The average molecular weight is 338 g/mol. The van der Waals surface area contributed by atoms with E-state index in [0.717, 1.165) is 19.4 Å². The van der Waals surface area contributed by atoms with Gasteiger partial charge in [-0.3, -0.25) is 4.99 Å². The summed E-state index contributed by atoms with van der Waals surface area (Å²) in [6, 6.07) is 0.296. The molecule has 1 aliphatic carbocycles. The van der Waals surface area contributed by atoms with Gasteiger partial charge in [0.05, 0.1) is 6.61 Å². The van der Waals surface area contributed by atoms with Crippen LogP contribution in [0.1, 0.15) is 59.3 Å². The van der Waals surface area contributed by atoms with Gasteiger partial charge in [-0.15, -0.1) is 0 Å². The Balaban J connectivity index is 1.68. The fraction of sp³-hybridized carbons (Fsp3) is 0.889. The van der Waals surface area contributed by atoms with Crippen molar-refractivity contribution in [3.63, 3.8) is 0 Å². The normalized spacial score (nSPS) is 23.1. The third-order valence-corrected chi connectivity index (χ3v) is 5.35. The minimum atomic E-state index is -0.210. The maximum absolute atomic E-state index is 11.7. The predicted octanol–water partition coefficient (Wildman–Crippen LogP) is 2.73. The van der Waals surface area contributed by atoms with Gasteiger partial charge in [-0.25, -0.2) is 4.79 Å². The number of hydrogen-bond acceptors (Lipinski definition) is 3. The summed E-state index contributed by atoms with van der Waals surface area (Å²) < 4.78 is 5.04. The molecule has 1 amide bonds. The number of guanidine groups is 1. The molecule has 0 atom stereocenters. The van der Waals surface area contributed by atoms with Crippen molar-refractivity contribution in [2.45, 2.75) is 65.3 Å². The van der Waals surface area contributed by atoms with Gasteiger partial charge in [-0.1, -0.05) is 13.8 Å². The topological polar surface area (TPSA) is 80.0 Å². The largest absolute Gasteiger partial charge is 0.450 e. The molecule has 0 spiro atoms. The van der Waals surface area contributed by atoms with Crippen LogP contribution in [0, 0.1) is 11.3 Å². The van der Waals surface area contributed by atoms with E-state index >= 15 is 0 Å². The molecule has 0 unspecified atom stereocenters. The van der Waals surface area contributed by atoms with Crippen LogP contribution in [0.2, 0.25) is 0 Å². The predicted molar refractivity (Wildman–Crippen MR) is 97.0 cm³/mol. The maximum Gasteiger partial charge on any atom is 0.409 e. The number of aliphatic imine (C=N–C) groups is 1. The number of ether oxygens (including phenoxy) is 1. The van der Waals surface area contributed by atoms with Crippen LogP contribution in [0.25, 0.3) is 0 Å². The molecule has 0 bridgehead atoms. The highest BCUT2D eigenvalue weighted by Crippen LogP contribution is 2.37. The molecule has 0 aromatic rings. The molecule has 1 saturated carbocycles. The fourth-order valence-electron chi connectivity index (χ4n) is 3.55. The lowest BCUT2D eigenvalue weighted by Gasteiger charge is -2.34. The van der Waals surface area contributed by atoms with Crippen LogP contribution in [0.3, 0.4) is 0 Å². The molecule has 0 radical (unpaired) electrons. The monoisotopic (exact) mass is 338 g/mol. The SMILES string of the molecule is CCOC(=O)N1CCC(NC(N)=NCC2CCC(C)(C)CC2)CC1. The first-order valence-electron chi connectivity index (χ1n) is 9.38. The number of carbonyl (C=O) groups is 1. The van der Waals surface area contributed by atoms with Crippen molar-refractivity contribution in [2.24, 2.45) is 22.1 Å². The second-order valence-corrected chi connectivity index (χ2v) is 7.94. The summed E-state index contributed by atoms with van der Waals surface area (Å²) in [4.78, 5) is 18.0. The Morgan fingerprint density at radius 3 is 2.46 bits per heavy atom. The Bertz CT molecular complexity index is 432. The third-order valence-electron chi connectivity index (χ3n) is 5.35. The summed E-state index contributed by atoms with van der Waals surface area (Å²) >= 11 is 0. The number of amides is 1. The lowest BCUT2D eigenvalue weighted by molar-refractivity contribution is 0.0963. The van der Waals surface area contributed by atoms with Crippen LogP contribution in [-0.2, 0) is 4.74 Å². The summed E-state index contributed by atoms with van der Waals surface area (Å²) in [6.45, 7) is 9.21. The van der Waals surface area contributed by atoms with Gasteiger partial charge in [0.1, 0.15) is 0 Å². The molecule has 0 aromatic carbocycles. The lowest BCUT2D eigenvalue weighted by atomic mass is 9.73. The van der Waals surface area contributed by atoms with E-state index in [0.29, 0.717) is 43.0 Å². The summed E-state index contributed by atoms with van der Waals surface area (Å²) in [7, 11) is 0. The number of hydrogen-bond donors (Lipinski definition) is 2. The molecular weight excluding hydrogens is 304 g/mol. The molecule has 138 valence electrons. The van der Waals surface area contributed by atoms with E-state index < -0.39 is 0 Å². The van der Waals surface area contributed by atoms with E-state index in [-0.39, 0.29) is 6.09 Å². The van der Waals surface area contributed by atoms with Gasteiger partial charge >= 0.3 is 6.09 Å². The highest BCUT2D eigenvalue weighted by atomic mass is 16.6. The minimum absolute atomic E-state index is 0.210. The summed E-state index contributed by atoms with van der Waals surface area (Å²) in [5.41, 5.74) is 6.55. The quantitative estimate of drug-likeness (QED) is 0.610. The van der Waals surface area contributed by atoms with Gasteiger partial charge in [0.2, 0.25) is 0 Å². The zero-order valence-electron chi connectivity index (χ0n) is 15.5. The standard InChI is InChI=1S/C18H34N4O2/c1-4-24-17(23)22-11-7-15(8-12-22)21-16(19)20-13-14-5-9-18(2,3)10-6-14/h14-15H,4-13H2,1-3H3,(H3,19,20,21). The van der Waals surface area contributed by atoms with E-state index in [1.54, 1.807) is 4.90 Å². The van der Waals surface area contributed by atoms with Gasteiger partial charge in [0, 0.05) is 25.7 Å². The van der Waals surface area contributed by atoms with Crippen molar-refractivity contribution in [3.05, 3.63) is 0 Å². The molecule has 1 saturated heterocycles. The molecule has 3 N–H and O–H groups in total. The van der Waals surface area contributed by atoms with Gasteiger partial charge < -0.3 is 20.7 Å². The Labute approximate surface area is 146 Å². The number of piperidine rings is 1. The van der Waals surface area contributed by atoms with Crippen LogP contribution < -0.4 is 11.1 Å². The van der Waals surface area contributed by atoms with Crippen LogP contribution in [0.5, 0.6) is 0 Å². The molecule has 6 nitrogen and oxygen atoms in total. The first-order chi connectivity index (χ1) is 11.4. The fourth-order valence-corrected chi connectivity index (χ4v) is 3.55. The van der Waals surface area contributed by atoms with Crippen molar-refractivity contribution in [1.82, 2.24) is 10.2 Å². The van der Waals surface area contributed by atoms with Crippen LogP contribution in [0.15, 0.2) is 4.99 Å². The van der Waals surface area contributed by atoms with Gasteiger partial charge in [0.25, 0.3) is 0 Å². The minimum Gasteiger partial charge on any atom is -0.450 e. The van der Waals surface area contributed by atoms with E-state index in [2.05, 4.69) is 24.2 Å². The maximum atomic E-state index is 11.7. The first-order valence-corrected chi connectivity index (χ1v) is 9.38. The zero-order chi connectivity index (χ0) is 17.6. The number of nitrogens with two attached hydrogens (primary N) is 1. The number of likely N-dealkylation sites (tertiary alicyclic amines) is 1. The van der Waals surface area contributed by atoms with Crippen molar-refractivity contribution in [3.8, 4) is 0 Å². The molecule has 0 aromatic heterocycles. The van der Waals surface area contributed by atoms with Crippen molar-refractivity contribution in [1.29, 1.82) is 0 Å². The van der Waals surface area contributed by atoms with Crippen LogP contribution in [-0.4, -0.2) is 49.2 Å². The smallest absolute Gasteiger partial charge is 0.409 e. The molecular formula is C18H34N4O2. The highest BCUT2D eigenvalue weighted by molar-refractivity contribution is 5.78. The second-order valence-electron chi connectivity index (χ2n) is 7.94. The average Bonchev–Trinajstić information content (AvgIpc) is 2.55. The van der Waals surface area contributed by atoms with Crippen molar-refractivity contribution >= 4 is 12.1 Å².